The SMILES string of the molecule is O=C(CSc1ccc(NC(=O)[C@H]2CC=CC[C@@H]2C(=O)O)cc1)Nc1ccc2c(c1)OCCO2. The summed E-state index contributed by atoms with van der Waals surface area (Å²) in [5.74, 6) is -1.22. The van der Waals surface area contributed by atoms with Gasteiger partial charge in [0.05, 0.1) is 17.6 Å². The van der Waals surface area contributed by atoms with Crippen LogP contribution in [0.25, 0.3) is 0 Å². The number of allylic oxidation sites excluding steroid dienone is 2. The van der Waals surface area contributed by atoms with E-state index in [0.717, 1.165) is 4.90 Å². The molecule has 0 spiro atoms. The van der Waals surface area contributed by atoms with Crippen molar-refractivity contribution < 1.29 is 29.0 Å². The van der Waals surface area contributed by atoms with Crippen LogP contribution in [0.5, 0.6) is 11.5 Å². The zero-order valence-corrected chi connectivity index (χ0v) is 18.6. The van der Waals surface area contributed by atoms with E-state index in [0.29, 0.717) is 48.9 Å². The number of rotatable bonds is 7. The van der Waals surface area contributed by atoms with Gasteiger partial charge in [0.2, 0.25) is 11.8 Å². The Bertz CT molecular complexity index is 1070. The first-order valence-electron chi connectivity index (χ1n) is 10.6. The van der Waals surface area contributed by atoms with Crippen molar-refractivity contribution in [3.8, 4) is 11.5 Å². The normalized spacial score (nSPS) is 18.9. The maximum Gasteiger partial charge on any atom is 0.307 e. The lowest BCUT2D eigenvalue weighted by molar-refractivity contribution is -0.146. The Labute approximate surface area is 195 Å². The minimum atomic E-state index is -0.958. The molecule has 4 rings (SSSR count). The lowest BCUT2D eigenvalue weighted by Crippen LogP contribution is -2.34. The average molecular weight is 469 g/mol. The van der Waals surface area contributed by atoms with Gasteiger partial charge in [-0.15, -0.1) is 11.8 Å². The van der Waals surface area contributed by atoms with Crippen LogP contribution in [-0.2, 0) is 14.4 Å². The highest BCUT2D eigenvalue weighted by Crippen LogP contribution is 2.33. The van der Waals surface area contributed by atoms with Gasteiger partial charge in [-0.3, -0.25) is 14.4 Å². The molecule has 2 aromatic carbocycles. The summed E-state index contributed by atoms with van der Waals surface area (Å²) in [5.41, 5.74) is 1.23. The van der Waals surface area contributed by atoms with Crippen molar-refractivity contribution in [2.45, 2.75) is 17.7 Å². The third-order valence-corrected chi connectivity index (χ3v) is 6.42. The Kier molecular flexibility index (Phi) is 7.19. The van der Waals surface area contributed by atoms with E-state index < -0.39 is 17.8 Å². The Hall–Kier alpha value is -3.46. The summed E-state index contributed by atoms with van der Waals surface area (Å²) in [4.78, 5) is 37.2. The molecule has 0 saturated heterocycles. The van der Waals surface area contributed by atoms with E-state index >= 15 is 0 Å². The fourth-order valence-electron chi connectivity index (χ4n) is 3.71. The van der Waals surface area contributed by atoms with Gasteiger partial charge in [0, 0.05) is 22.3 Å². The number of hydrogen-bond donors (Lipinski definition) is 3. The highest BCUT2D eigenvalue weighted by atomic mass is 32.2. The molecular formula is C24H24N2O6S. The van der Waals surface area contributed by atoms with Crippen LogP contribution in [-0.4, -0.2) is 41.9 Å². The fraction of sp³-hybridized carbons (Fsp3) is 0.292. The monoisotopic (exact) mass is 468 g/mol. The molecule has 1 aliphatic carbocycles. The molecule has 0 radical (unpaired) electrons. The molecule has 172 valence electrons. The van der Waals surface area contributed by atoms with E-state index in [1.807, 2.05) is 18.2 Å². The first kappa shape index (κ1) is 22.7. The number of hydrogen-bond acceptors (Lipinski definition) is 6. The van der Waals surface area contributed by atoms with Crippen molar-refractivity contribution in [2.24, 2.45) is 11.8 Å². The van der Waals surface area contributed by atoms with Crippen molar-refractivity contribution >= 4 is 40.9 Å². The molecule has 33 heavy (non-hydrogen) atoms. The predicted octanol–water partition coefficient (Wildman–Crippen LogP) is 3.79. The van der Waals surface area contributed by atoms with Crippen LogP contribution in [0, 0.1) is 11.8 Å². The number of thioether (sulfide) groups is 1. The van der Waals surface area contributed by atoms with Crippen LogP contribution in [0.15, 0.2) is 59.5 Å². The van der Waals surface area contributed by atoms with Gasteiger partial charge in [-0.05, 0) is 49.2 Å². The van der Waals surface area contributed by atoms with Crippen LogP contribution < -0.4 is 20.1 Å². The highest BCUT2D eigenvalue weighted by Gasteiger charge is 2.33. The molecule has 0 unspecified atom stereocenters. The zero-order chi connectivity index (χ0) is 23.2. The summed E-state index contributed by atoms with van der Waals surface area (Å²) < 4.78 is 11.0. The lowest BCUT2D eigenvalue weighted by Gasteiger charge is -2.24. The molecule has 1 aliphatic heterocycles. The van der Waals surface area contributed by atoms with Crippen LogP contribution in [0.2, 0.25) is 0 Å². The molecule has 8 nitrogen and oxygen atoms in total. The summed E-state index contributed by atoms with van der Waals surface area (Å²) in [6, 6.07) is 12.4. The van der Waals surface area contributed by atoms with E-state index in [9.17, 15) is 19.5 Å². The number of ether oxygens (including phenoxy) is 2. The van der Waals surface area contributed by atoms with E-state index in [2.05, 4.69) is 10.6 Å². The second-order valence-corrected chi connectivity index (χ2v) is 8.75. The second-order valence-electron chi connectivity index (χ2n) is 7.70. The molecular weight excluding hydrogens is 444 g/mol. The number of aliphatic carboxylic acids is 1. The van der Waals surface area contributed by atoms with Crippen LogP contribution >= 0.6 is 11.8 Å². The first-order valence-corrected chi connectivity index (χ1v) is 11.6. The van der Waals surface area contributed by atoms with Crippen molar-refractivity contribution in [2.75, 3.05) is 29.6 Å². The van der Waals surface area contributed by atoms with Crippen molar-refractivity contribution in [3.05, 3.63) is 54.6 Å². The van der Waals surface area contributed by atoms with Gasteiger partial charge >= 0.3 is 5.97 Å². The van der Waals surface area contributed by atoms with Crippen LogP contribution in [0.4, 0.5) is 11.4 Å². The van der Waals surface area contributed by atoms with E-state index in [1.165, 1.54) is 11.8 Å². The number of carboxylic acid groups (broad SMARTS) is 1. The number of amides is 2. The van der Waals surface area contributed by atoms with E-state index in [4.69, 9.17) is 9.47 Å². The minimum absolute atomic E-state index is 0.154. The van der Waals surface area contributed by atoms with Gasteiger partial charge in [0.1, 0.15) is 13.2 Å². The second kappa shape index (κ2) is 10.4. The van der Waals surface area contributed by atoms with Crippen LogP contribution in [0.1, 0.15) is 12.8 Å². The van der Waals surface area contributed by atoms with Crippen LogP contribution in [0.3, 0.4) is 0 Å². The highest BCUT2D eigenvalue weighted by molar-refractivity contribution is 8.00. The summed E-state index contributed by atoms with van der Waals surface area (Å²) in [6.45, 7) is 0.993. The molecule has 2 atom stereocenters. The fourth-order valence-corrected chi connectivity index (χ4v) is 4.41. The molecule has 0 fully saturated rings. The van der Waals surface area contributed by atoms with Gasteiger partial charge in [0.25, 0.3) is 0 Å². The standard InChI is InChI=1S/C24H24N2O6S/c27-22(25-16-7-10-20-21(13-16)32-12-11-31-20)14-33-17-8-5-15(6-9-17)26-23(28)18-3-1-2-4-19(18)24(29)30/h1-2,5-10,13,18-19H,3-4,11-12,14H2,(H,25,27)(H,26,28)(H,29,30)/t18-,19-/m0/s1. The number of carbonyl (C=O) groups is 3. The lowest BCUT2D eigenvalue weighted by atomic mass is 9.82. The molecule has 0 saturated carbocycles. The molecule has 1 heterocycles. The Balaban J connectivity index is 1.27. The minimum Gasteiger partial charge on any atom is -0.486 e. The summed E-state index contributed by atoms with van der Waals surface area (Å²) in [6.07, 6.45) is 4.42. The van der Waals surface area contributed by atoms with Crippen molar-refractivity contribution in [1.82, 2.24) is 0 Å². The zero-order valence-electron chi connectivity index (χ0n) is 17.8. The van der Waals surface area contributed by atoms with Gasteiger partial charge in [-0.2, -0.15) is 0 Å². The Morgan fingerprint density at radius 3 is 2.27 bits per heavy atom. The maximum atomic E-state index is 12.6. The molecule has 0 bridgehead atoms. The number of nitrogens with one attached hydrogen (secondary N) is 2. The van der Waals surface area contributed by atoms with Gasteiger partial charge in [0.15, 0.2) is 11.5 Å². The third-order valence-electron chi connectivity index (χ3n) is 5.40. The molecule has 2 amide bonds. The first-order chi connectivity index (χ1) is 16.0. The molecule has 2 aliphatic rings. The Morgan fingerprint density at radius 2 is 1.55 bits per heavy atom. The smallest absolute Gasteiger partial charge is 0.307 e. The topological polar surface area (TPSA) is 114 Å². The number of benzene rings is 2. The number of carboxylic acids is 1. The third kappa shape index (κ3) is 5.87. The largest absolute Gasteiger partial charge is 0.486 e. The van der Waals surface area contributed by atoms with Gasteiger partial charge < -0.3 is 25.2 Å². The number of fused-ring (bicyclic) bond motifs is 1. The summed E-state index contributed by atoms with van der Waals surface area (Å²) >= 11 is 1.37. The Morgan fingerprint density at radius 1 is 0.879 bits per heavy atom. The molecule has 3 N–H and O–H groups in total. The van der Waals surface area contributed by atoms with Gasteiger partial charge in [-0.25, -0.2) is 0 Å². The maximum absolute atomic E-state index is 12.6. The predicted molar refractivity (Wildman–Crippen MR) is 125 cm³/mol. The number of anilines is 2. The summed E-state index contributed by atoms with van der Waals surface area (Å²) in [7, 11) is 0. The molecule has 9 heteroatoms. The summed E-state index contributed by atoms with van der Waals surface area (Å²) in [5, 5.41) is 15.0. The van der Waals surface area contributed by atoms with E-state index in [1.54, 1.807) is 36.4 Å². The van der Waals surface area contributed by atoms with Gasteiger partial charge in [-0.1, -0.05) is 12.2 Å². The van der Waals surface area contributed by atoms with Crippen molar-refractivity contribution in [3.63, 3.8) is 0 Å². The van der Waals surface area contributed by atoms with E-state index in [-0.39, 0.29) is 17.6 Å². The molecule has 2 aromatic rings. The average Bonchev–Trinajstić information content (AvgIpc) is 2.83. The number of carbonyl (C=O) groups excluding carboxylic acids is 2. The quantitative estimate of drug-likeness (QED) is 0.418. The molecule has 0 aromatic heterocycles. The van der Waals surface area contributed by atoms with Crippen molar-refractivity contribution in [1.29, 1.82) is 0 Å².